The second-order valence-electron chi connectivity index (χ2n) is 3.85. The molecule has 2 atom stereocenters. The van der Waals surface area contributed by atoms with Gasteiger partial charge >= 0.3 is 0 Å². The van der Waals surface area contributed by atoms with Crippen molar-refractivity contribution >= 4 is 0 Å². The van der Waals surface area contributed by atoms with E-state index in [0.717, 1.165) is 18.4 Å². The van der Waals surface area contributed by atoms with Gasteiger partial charge in [0.25, 0.3) is 0 Å². The fraction of sp³-hybridized carbons (Fsp3) is 0.500. The fourth-order valence-electron chi connectivity index (χ4n) is 1.58. The van der Waals surface area contributed by atoms with Gasteiger partial charge in [-0.3, -0.25) is 0 Å². The lowest BCUT2D eigenvalue weighted by molar-refractivity contribution is 0.140. The molecule has 15 heavy (non-hydrogen) atoms. The number of rotatable bonds is 5. The highest BCUT2D eigenvalue weighted by Gasteiger charge is 2.14. The highest BCUT2D eigenvalue weighted by molar-refractivity contribution is 5.17. The third kappa shape index (κ3) is 3.98. The van der Waals surface area contributed by atoms with E-state index < -0.39 is 6.10 Å². The van der Waals surface area contributed by atoms with Crippen LogP contribution in [0, 0.1) is 5.82 Å². The summed E-state index contributed by atoms with van der Waals surface area (Å²) in [4.78, 5) is 0. The zero-order chi connectivity index (χ0) is 11.3. The van der Waals surface area contributed by atoms with Gasteiger partial charge in [-0.1, -0.05) is 25.5 Å². The molecule has 0 heterocycles. The van der Waals surface area contributed by atoms with Crippen molar-refractivity contribution < 1.29 is 9.50 Å². The minimum absolute atomic E-state index is 0.224. The van der Waals surface area contributed by atoms with Gasteiger partial charge in [-0.2, -0.15) is 0 Å². The van der Waals surface area contributed by atoms with Crippen LogP contribution in [0.25, 0.3) is 0 Å². The summed E-state index contributed by atoms with van der Waals surface area (Å²) in [5, 5.41) is 9.75. The summed E-state index contributed by atoms with van der Waals surface area (Å²) in [6.07, 6.45) is 1.56. The van der Waals surface area contributed by atoms with Crippen LogP contribution in [0.15, 0.2) is 24.3 Å². The van der Waals surface area contributed by atoms with E-state index in [1.165, 1.54) is 12.1 Å². The summed E-state index contributed by atoms with van der Waals surface area (Å²) >= 11 is 0. The maximum atomic E-state index is 12.9. The van der Waals surface area contributed by atoms with Crippen molar-refractivity contribution in [3.05, 3.63) is 35.6 Å². The zero-order valence-electron chi connectivity index (χ0n) is 8.99. The molecule has 0 fully saturated rings. The highest BCUT2D eigenvalue weighted by atomic mass is 19.1. The largest absolute Gasteiger partial charge is 0.391 e. The highest BCUT2D eigenvalue weighted by Crippen LogP contribution is 2.09. The van der Waals surface area contributed by atoms with E-state index in [2.05, 4.69) is 0 Å². The van der Waals surface area contributed by atoms with Gasteiger partial charge in [-0.05, 0) is 30.5 Å². The van der Waals surface area contributed by atoms with Gasteiger partial charge in [0.2, 0.25) is 0 Å². The standard InChI is InChI=1S/C12H18FNO/c1-2-4-11(14)12(15)8-9-5-3-6-10(13)7-9/h3,5-7,11-12,15H,2,4,8,14H2,1H3. The normalized spacial score (nSPS) is 14.9. The molecule has 0 saturated carbocycles. The summed E-state index contributed by atoms with van der Waals surface area (Å²) in [5.74, 6) is -0.274. The van der Waals surface area contributed by atoms with Gasteiger partial charge in [-0.15, -0.1) is 0 Å². The third-order valence-corrected chi connectivity index (χ3v) is 2.45. The van der Waals surface area contributed by atoms with Gasteiger partial charge in [0.1, 0.15) is 5.82 Å². The lowest BCUT2D eigenvalue weighted by atomic mass is 9.99. The molecule has 0 radical (unpaired) electrons. The Kier molecular flexibility index (Phi) is 4.72. The van der Waals surface area contributed by atoms with Crippen molar-refractivity contribution in [1.82, 2.24) is 0 Å². The van der Waals surface area contributed by atoms with Crippen LogP contribution in [0.5, 0.6) is 0 Å². The van der Waals surface area contributed by atoms with Gasteiger partial charge in [0.05, 0.1) is 6.10 Å². The number of benzene rings is 1. The Morgan fingerprint density at radius 1 is 1.47 bits per heavy atom. The number of hydrogen-bond donors (Lipinski definition) is 2. The minimum Gasteiger partial charge on any atom is -0.391 e. The molecule has 0 aromatic heterocycles. The van der Waals surface area contributed by atoms with Crippen molar-refractivity contribution in [2.45, 2.75) is 38.3 Å². The maximum Gasteiger partial charge on any atom is 0.123 e. The Labute approximate surface area is 89.9 Å². The Bertz CT molecular complexity index is 303. The number of aliphatic hydroxyl groups excluding tert-OH is 1. The fourth-order valence-corrected chi connectivity index (χ4v) is 1.58. The molecule has 0 bridgehead atoms. The molecule has 1 aromatic rings. The van der Waals surface area contributed by atoms with Crippen LogP contribution in [-0.4, -0.2) is 17.3 Å². The summed E-state index contributed by atoms with van der Waals surface area (Å²) in [7, 11) is 0. The Morgan fingerprint density at radius 2 is 2.20 bits per heavy atom. The zero-order valence-corrected chi connectivity index (χ0v) is 8.99. The second kappa shape index (κ2) is 5.83. The van der Waals surface area contributed by atoms with Crippen molar-refractivity contribution in [2.75, 3.05) is 0 Å². The van der Waals surface area contributed by atoms with E-state index in [9.17, 15) is 9.50 Å². The molecule has 2 unspecified atom stereocenters. The van der Waals surface area contributed by atoms with Crippen LogP contribution in [0.3, 0.4) is 0 Å². The topological polar surface area (TPSA) is 46.2 Å². The molecular formula is C12H18FNO. The van der Waals surface area contributed by atoms with E-state index in [-0.39, 0.29) is 11.9 Å². The first-order valence-corrected chi connectivity index (χ1v) is 5.31. The van der Waals surface area contributed by atoms with Gasteiger partial charge in [-0.25, -0.2) is 4.39 Å². The van der Waals surface area contributed by atoms with Gasteiger partial charge in [0.15, 0.2) is 0 Å². The molecule has 0 aliphatic rings. The Morgan fingerprint density at radius 3 is 2.80 bits per heavy atom. The average molecular weight is 211 g/mol. The van der Waals surface area contributed by atoms with Crippen LogP contribution in [0.1, 0.15) is 25.3 Å². The van der Waals surface area contributed by atoms with E-state index in [4.69, 9.17) is 5.73 Å². The number of nitrogens with two attached hydrogens (primary N) is 1. The Balaban J connectivity index is 2.54. The van der Waals surface area contributed by atoms with Crippen LogP contribution in [0.4, 0.5) is 4.39 Å². The number of aliphatic hydroxyl groups is 1. The van der Waals surface area contributed by atoms with E-state index >= 15 is 0 Å². The molecule has 2 nitrogen and oxygen atoms in total. The van der Waals surface area contributed by atoms with Crippen molar-refractivity contribution in [3.63, 3.8) is 0 Å². The first kappa shape index (κ1) is 12.1. The maximum absolute atomic E-state index is 12.9. The molecule has 0 amide bonds. The third-order valence-electron chi connectivity index (χ3n) is 2.45. The summed E-state index contributed by atoms with van der Waals surface area (Å²) in [6.45, 7) is 2.02. The van der Waals surface area contributed by atoms with Crippen LogP contribution >= 0.6 is 0 Å². The van der Waals surface area contributed by atoms with E-state index in [1.807, 2.05) is 6.92 Å². The molecule has 1 rings (SSSR count). The van der Waals surface area contributed by atoms with E-state index in [0.29, 0.717) is 6.42 Å². The summed E-state index contributed by atoms with van der Waals surface area (Å²) in [6, 6.07) is 6.04. The predicted molar refractivity (Wildman–Crippen MR) is 59.0 cm³/mol. The van der Waals surface area contributed by atoms with Crippen molar-refractivity contribution in [1.29, 1.82) is 0 Å². The molecule has 84 valence electrons. The van der Waals surface area contributed by atoms with Crippen molar-refractivity contribution in [3.8, 4) is 0 Å². The molecule has 1 aromatic carbocycles. The predicted octanol–water partition coefficient (Wildman–Crippen LogP) is 1.86. The molecule has 0 spiro atoms. The summed E-state index contributed by atoms with van der Waals surface area (Å²) < 4.78 is 12.9. The molecule has 3 heteroatoms. The SMILES string of the molecule is CCCC(N)C(O)Cc1cccc(F)c1. The lowest BCUT2D eigenvalue weighted by Crippen LogP contribution is -2.35. The molecule has 3 N–H and O–H groups in total. The Hall–Kier alpha value is -0.930. The van der Waals surface area contributed by atoms with Gasteiger partial charge < -0.3 is 10.8 Å². The van der Waals surface area contributed by atoms with Crippen LogP contribution < -0.4 is 5.73 Å². The first-order chi connectivity index (χ1) is 7.13. The second-order valence-corrected chi connectivity index (χ2v) is 3.85. The van der Waals surface area contributed by atoms with E-state index in [1.54, 1.807) is 12.1 Å². The number of hydrogen-bond acceptors (Lipinski definition) is 2. The molecule has 0 aliphatic heterocycles. The lowest BCUT2D eigenvalue weighted by Gasteiger charge is -2.18. The summed E-state index contributed by atoms with van der Waals surface area (Å²) in [5.41, 5.74) is 6.56. The molecular weight excluding hydrogens is 193 g/mol. The van der Waals surface area contributed by atoms with Crippen molar-refractivity contribution in [2.24, 2.45) is 5.73 Å². The minimum atomic E-state index is -0.591. The average Bonchev–Trinajstić information content (AvgIpc) is 2.18. The quantitative estimate of drug-likeness (QED) is 0.780. The van der Waals surface area contributed by atoms with Crippen LogP contribution in [-0.2, 0) is 6.42 Å². The number of halogens is 1. The molecule has 0 aliphatic carbocycles. The monoisotopic (exact) mass is 211 g/mol. The van der Waals surface area contributed by atoms with Crippen LogP contribution in [0.2, 0.25) is 0 Å². The van der Waals surface area contributed by atoms with Gasteiger partial charge in [0, 0.05) is 6.04 Å². The smallest absolute Gasteiger partial charge is 0.123 e. The first-order valence-electron chi connectivity index (χ1n) is 5.31. The molecule has 0 saturated heterocycles.